The number of amides is 2. The van der Waals surface area contributed by atoms with E-state index in [-0.39, 0.29) is 11.8 Å². The number of piperidine rings is 1. The van der Waals surface area contributed by atoms with Gasteiger partial charge in [0, 0.05) is 18.7 Å². The van der Waals surface area contributed by atoms with Gasteiger partial charge in [-0.15, -0.1) is 0 Å². The molecule has 25 heavy (non-hydrogen) atoms. The fraction of sp³-hybridized carbons (Fsp3) is 0.526. The number of carbonyl (C=O) groups is 3. The SMILES string of the molecule is CCCC(=O)N1CCCCC1C(=O)Nc1cccc(C(C)C(=O)O)c1. The highest BCUT2D eigenvalue weighted by Crippen LogP contribution is 2.22. The molecule has 2 rings (SSSR count). The fourth-order valence-electron chi connectivity index (χ4n) is 3.11. The van der Waals surface area contributed by atoms with Crippen molar-refractivity contribution < 1.29 is 19.5 Å². The van der Waals surface area contributed by atoms with E-state index in [2.05, 4.69) is 5.32 Å². The number of likely N-dealkylation sites (tertiary alicyclic amines) is 1. The average molecular weight is 346 g/mol. The third kappa shape index (κ3) is 4.81. The van der Waals surface area contributed by atoms with Crippen LogP contribution in [0.3, 0.4) is 0 Å². The van der Waals surface area contributed by atoms with Crippen molar-refractivity contribution in [3.05, 3.63) is 29.8 Å². The summed E-state index contributed by atoms with van der Waals surface area (Å²) in [6, 6.07) is 6.42. The summed E-state index contributed by atoms with van der Waals surface area (Å²) in [5.74, 6) is -1.74. The first-order valence-corrected chi connectivity index (χ1v) is 8.87. The van der Waals surface area contributed by atoms with E-state index in [1.165, 1.54) is 0 Å². The van der Waals surface area contributed by atoms with Crippen molar-refractivity contribution >= 4 is 23.5 Å². The highest BCUT2D eigenvalue weighted by Gasteiger charge is 2.31. The summed E-state index contributed by atoms with van der Waals surface area (Å²) in [4.78, 5) is 37.8. The third-order valence-electron chi connectivity index (χ3n) is 4.61. The summed E-state index contributed by atoms with van der Waals surface area (Å²) < 4.78 is 0. The molecule has 0 aliphatic carbocycles. The molecule has 2 N–H and O–H groups in total. The molecule has 1 fully saturated rings. The van der Waals surface area contributed by atoms with Crippen LogP contribution in [-0.4, -0.2) is 40.4 Å². The Labute approximate surface area is 148 Å². The molecule has 1 saturated heterocycles. The van der Waals surface area contributed by atoms with Crippen molar-refractivity contribution in [2.45, 2.75) is 57.9 Å². The minimum absolute atomic E-state index is 0.0237. The Morgan fingerprint density at radius 1 is 1.32 bits per heavy atom. The topological polar surface area (TPSA) is 86.7 Å². The predicted molar refractivity (Wildman–Crippen MR) is 95.4 cm³/mol. The van der Waals surface area contributed by atoms with E-state index in [0.29, 0.717) is 30.6 Å². The first-order valence-electron chi connectivity index (χ1n) is 8.87. The van der Waals surface area contributed by atoms with E-state index in [0.717, 1.165) is 19.3 Å². The van der Waals surface area contributed by atoms with Crippen LogP contribution in [0, 0.1) is 0 Å². The van der Waals surface area contributed by atoms with Gasteiger partial charge in [-0.2, -0.15) is 0 Å². The lowest BCUT2D eigenvalue weighted by Crippen LogP contribution is -2.49. The van der Waals surface area contributed by atoms with Crippen molar-refractivity contribution in [3.8, 4) is 0 Å². The number of nitrogens with zero attached hydrogens (tertiary/aromatic N) is 1. The molecule has 1 heterocycles. The van der Waals surface area contributed by atoms with Gasteiger partial charge < -0.3 is 15.3 Å². The third-order valence-corrected chi connectivity index (χ3v) is 4.61. The number of rotatable bonds is 6. The van der Waals surface area contributed by atoms with E-state index in [9.17, 15) is 14.4 Å². The van der Waals surface area contributed by atoms with Crippen LogP contribution in [0.25, 0.3) is 0 Å². The second-order valence-corrected chi connectivity index (χ2v) is 6.52. The largest absolute Gasteiger partial charge is 0.481 e. The molecule has 0 aromatic heterocycles. The van der Waals surface area contributed by atoms with E-state index in [4.69, 9.17) is 5.11 Å². The van der Waals surface area contributed by atoms with Crippen molar-refractivity contribution in [1.82, 2.24) is 4.90 Å². The quantitative estimate of drug-likeness (QED) is 0.829. The van der Waals surface area contributed by atoms with Gasteiger partial charge >= 0.3 is 5.97 Å². The molecular formula is C19H26N2O4. The van der Waals surface area contributed by atoms with Gasteiger partial charge in [0.25, 0.3) is 0 Å². The molecule has 1 aliphatic rings. The maximum Gasteiger partial charge on any atom is 0.310 e. The van der Waals surface area contributed by atoms with E-state index in [1.807, 2.05) is 6.92 Å². The highest BCUT2D eigenvalue weighted by atomic mass is 16.4. The van der Waals surface area contributed by atoms with Gasteiger partial charge in [-0.25, -0.2) is 0 Å². The van der Waals surface area contributed by atoms with Crippen LogP contribution < -0.4 is 5.32 Å². The first-order chi connectivity index (χ1) is 11.9. The Morgan fingerprint density at radius 2 is 2.08 bits per heavy atom. The number of anilines is 1. The number of carboxylic acid groups (broad SMARTS) is 1. The Morgan fingerprint density at radius 3 is 2.76 bits per heavy atom. The van der Waals surface area contributed by atoms with Gasteiger partial charge in [0.2, 0.25) is 11.8 Å². The smallest absolute Gasteiger partial charge is 0.310 e. The Bertz CT molecular complexity index is 644. The van der Waals surface area contributed by atoms with E-state index < -0.39 is 17.9 Å². The molecule has 6 nitrogen and oxygen atoms in total. The number of carbonyl (C=O) groups excluding carboxylic acids is 2. The van der Waals surface area contributed by atoms with E-state index >= 15 is 0 Å². The Kier molecular flexibility index (Phi) is 6.56. The second-order valence-electron chi connectivity index (χ2n) is 6.52. The number of nitrogens with one attached hydrogen (secondary N) is 1. The van der Waals surface area contributed by atoms with Gasteiger partial charge in [-0.05, 0) is 50.3 Å². The molecule has 2 amide bonds. The minimum Gasteiger partial charge on any atom is -0.481 e. The Hall–Kier alpha value is -2.37. The standard InChI is InChI=1S/C19H26N2O4/c1-3-7-17(22)21-11-5-4-10-16(21)18(23)20-15-9-6-8-14(12-15)13(2)19(24)25/h6,8-9,12-13,16H,3-5,7,10-11H2,1-2H3,(H,20,23)(H,24,25). The molecule has 6 heteroatoms. The molecule has 136 valence electrons. The molecule has 2 atom stereocenters. The molecule has 0 spiro atoms. The molecule has 1 aliphatic heterocycles. The van der Waals surface area contributed by atoms with Crippen LogP contribution in [-0.2, 0) is 14.4 Å². The first kappa shape index (κ1) is 19.0. The summed E-state index contributed by atoms with van der Waals surface area (Å²) >= 11 is 0. The lowest BCUT2D eigenvalue weighted by molar-refractivity contribution is -0.140. The molecule has 1 aromatic carbocycles. The van der Waals surface area contributed by atoms with Gasteiger partial charge in [0.05, 0.1) is 5.92 Å². The maximum absolute atomic E-state index is 12.7. The number of hydrogen-bond acceptors (Lipinski definition) is 3. The van der Waals surface area contributed by atoms with Crippen molar-refractivity contribution in [2.75, 3.05) is 11.9 Å². The number of hydrogen-bond donors (Lipinski definition) is 2. The summed E-state index contributed by atoms with van der Waals surface area (Å²) in [5.41, 5.74) is 1.19. The monoisotopic (exact) mass is 346 g/mol. The van der Waals surface area contributed by atoms with Crippen molar-refractivity contribution in [3.63, 3.8) is 0 Å². The summed E-state index contributed by atoms with van der Waals surface area (Å²) in [6.07, 6.45) is 3.72. The Balaban J connectivity index is 2.11. The molecule has 1 aromatic rings. The number of aliphatic carboxylic acids is 1. The fourth-order valence-corrected chi connectivity index (χ4v) is 3.11. The zero-order chi connectivity index (χ0) is 18.4. The van der Waals surface area contributed by atoms with Crippen LogP contribution in [0.1, 0.15) is 57.4 Å². The predicted octanol–water partition coefficient (Wildman–Crippen LogP) is 2.99. The van der Waals surface area contributed by atoms with Crippen molar-refractivity contribution in [2.24, 2.45) is 0 Å². The molecule has 0 saturated carbocycles. The molecule has 0 bridgehead atoms. The van der Waals surface area contributed by atoms with Crippen LogP contribution in [0.15, 0.2) is 24.3 Å². The zero-order valence-electron chi connectivity index (χ0n) is 14.8. The lowest BCUT2D eigenvalue weighted by atomic mass is 9.99. The number of benzene rings is 1. The highest BCUT2D eigenvalue weighted by molar-refractivity contribution is 5.97. The zero-order valence-corrected chi connectivity index (χ0v) is 14.8. The van der Waals surface area contributed by atoms with Crippen LogP contribution in [0.2, 0.25) is 0 Å². The van der Waals surface area contributed by atoms with Gasteiger partial charge in [-0.3, -0.25) is 14.4 Å². The second kappa shape index (κ2) is 8.65. The summed E-state index contributed by atoms with van der Waals surface area (Å²) in [5, 5.41) is 12.0. The summed E-state index contributed by atoms with van der Waals surface area (Å²) in [7, 11) is 0. The van der Waals surface area contributed by atoms with Gasteiger partial charge in [-0.1, -0.05) is 19.1 Å². The van der Waals surface area contributed by atoms with Crippen LogP contribution >= 0.6 is 0 Å². The molecule has 0 radical (unpaired) electrons. The molecule has 2 unspecified atom stereocenters. The van der Waals surface area contributed by atoms with Crippen molar-refractivity contribution in [1.29, 1.82) is 0 Å². The van der Waals surface area contributed by atoms with E-state index in [1.54, 1.807) is 36.1 Å². The minimum atomic E-state index is -0.910. The summed E-state index contributed by atoms with van der Waals surface area (Å²) in [6.45, 7) is 4.18. The van der Waals surface area contributed by atoms with Gasteiger partial charge in [0.15, 0.2) is 0 Å². The van der Waals surface area contributed by atoms with Crippen LogP contribution in [0.4, 0.5) is 5.69 Å². The van der Waals surface area contributed by atoms with Gasteiger partial charge in [0.1, 0.15) is 6.04 Å². The normalized spacial score (nSPS) is 18.5. The van der Waals surface area contributed by atoms with Crippen LogP contribution in [0.5, 0.6) is 0 Å². The molecular weight excluding hydrogens is 320 g/mol. The lowest BCUT2D eigenvalue weighted by Gasteiger charge is -2.34. The average Bonchev–Trinajstić information content (AvgIpc) is 2.61. The number of carboxylic acids is 1. The maximum atomic E-state index is 12.7.